The van der Waals surface area contributed by atoms with Crippen LogP contribution in [0.15, 0.2) is 0 Å². The molecule has 126 valence electrons. The summed E-state index contributed by atoms with van der Waals surface area (Å²) in [4.78, 5) is 26.4. The van der Waals surface area contributed by atoms with Crippen LogP contribution in [-0.4, -0.2) is 48.9 Å². The molecule has 2 aliphatic heterocycles. The molecule has 0 saturated carbocycles. The number of nitrogens with one attached hydrogen (secondary N) is 2. The highest BCUT2D eigenvalue weighted by atomic mass is 16.2. The molecule has 0 aliphatic carbocycles. The molecule has 5 heteroatoms. The lowest BCUT2D eigenvalue weighted by Crippen LogP contribution is -2.44. The molecule has 0 spiro atoms. The van der Waals surface area contributed by atoms with E-state index >= 15 is 0 Å². The zero-order chi connectivity index (χ0) is 16.2. The Labute approximate surface area is 134 Å². The van der Waals surface area contributed by atoms with Crippen molar-refractivity contribution in [2.24, 2.45) is 11.3 Å². The van der Waals surface area contributed by atoms with Crippen LogP contribution in [0.4, 0.5) is 0 Å². The molecule has 2 heterocycles. The van der Waals surface area contributed by atoms with Crippen LogP contribution < -0.4 is 10.6 Å². The van der Waals surface area contributed by atoms with Crippen LogP contribution in [0.3, 0.4) is 0 Å². The SMILES string of the molecule is CCCC(C)N1CC(C(=O)NCC2(C)CCNCC2)CC1=O. The Balaban J connectivity index is 1.82. The van der Waals surface area contributed by atoms with Crippen molar-refractivity contribution in [2.45, 2.75) is 58.9 Å². The van der Waals surface area contributed by atoms with Crippen molar-refractivity contribution >= 4 is 11.8 Å². The highest BCUT2D eigenvalue weighted by Gasteiger charge is 2.37. The quantitative estimate of drug-likeness (QED) is 0.782. The summed E-state index contributed by atoms with van der Waals surface area (Å²) in [6.07, 6.45) is 4.63. The summed E-state index contributed by atoms with van der Waals surface area (Å²) >= 11 is 0. The minimum Gasteiger partial charge on any atom is -0.355 e. The number of likely N-dealkylation sites (tertiary alicyclic amines) is 1. The topological polar surface area (TPSA) is 61.4 Å². The standard InChI is InChI=1S/C17H31N3O2/c1-4-5-13(2)20-11-14(10-15(20)21)16(22)19-12-17(3)6-8-18-9-7-17/h13-14,18H,4-12H2,1-3H3,(H,19,22). The fraction of sp³-hybridized carbons (Fsp3) is 0.882. The number of carbonyl (C=O) groups is 2. The number of carbonyl (C=O) groups excluding carboxylic acids is 2. The van der Waals surface area contributed by atoms with Gasteiger partial charge in [-0.05, 0) is 44.7 Å². The van der Waals surface area contributed by atoms with Gasteiger partial charge in [0.1, 0.15) is 0 Å². The molecule has 5 nitrogen and oxygen atoms in total. The van der Waals surface area contributed by atoms with Crippen molar-refractivity contribution in [1.82, 2.24) is 15.5 Å². The summed E-state index contributed by atoms with van der Waals surface area (Å²) < 4.78 is 0. The van der Waals surface area contributed by atoms with Gasteiger partial charge in [0.2, 0.25) is 11.8 Å². The van der Waals surface area contributed by atoms with E-state index in [-0.39, 0.29) is 29.2 Å². The first kappa shape index (κ1) is 17.3. The smallest absolute Gasteiger partial charge is 0.225 e. The summed E-state index contributed by atoms with van der Waals surface area (Å²) in [5.74, 6) is 0.0191. The lowest BCUT2D eigenvalue weighted by atomic mass is 9.81. The predicted molar refractivity (Wildman–Crippen MR) is 87.4 cm³/mol. The van der Waals surface area contributed by atoms with E-state index in [2.05, 4.69) is 31.4 Å². The van der Waals surface area contributed by atoms with E-state index in [9.17, 15) is 9.59 Å². The first-order valence-corrected chi connectivity index (χ1v) is 8.73. The molecule has 2 unspecified atom stereocenters. The Bertz CT molecular complexity index is 405. The third-order valence-electron chi connectivity index (χ3n) is 5.27. The van der Waals surface area contributed by atoms with E-state index in [0.29, 0.717) is 13.0 Å². The molecule has 0 aromatic heterocycles. The highest BCUT2D eigenvalue weighted by Crippen LogP contribution is 2.27. The summed E-state index contributed by atoms with van der Waals surface area (Å²) in [5, 5.41) is 6.46. The number of piperidine rings is 1. The molecule has 2 saturated heterocycles. The van der Waals surface area contributed by atoms with Crippen LogP contribution >= 0.6 is 0 Å². The molecule has 2 rings (SSSR count). The monoisotopic (exact) mass is 309 g/mol. The fourth-order valence-corrected chi connectivity index (χ4v) is 3.56. The number of rotatable bonds is 6. The Kier molecular flexibility index (Phi) is 5.84. The average molecular weight is 309 g/mol. The molecule has 2 aliphatic rings. The molecule has 2 atom stereocenters. The van der Waals surface area contributed by atoms with E-state index in [0.717, 1.165) is 45.3 Å². The maximum atomic E-state index is 12.4. The summed E-state index contributed by atoms with van der Waals surface area (Å²) in [7, 11) is 0. The van der Waals surface area contributed by atoms with Gasteiger partial charge in [0.25, 0.3) is 0 Å². The van der Waals surface area contributed by atoms with Crippen molar-refractivity contribution in [3.63, 3.8) is 0 Å². The molecular weight excluding hydrogens is 278 g/mol. The minimum atomic E-state index is -0.169. The lowest BCUT2D eigenvalue weighted by molar-refractivity contribution is -0.130. The molecule has 0 aromatic rings. The van der Waals surface area contributed by atoms with Gasteiger partial charge < -0.3 is 15.5 Å². The van der Waals surface area contributed by atoms with Gasteiger partial charge in [0, 0.05) is 25.6 Å². The van der Waals surface area contributed by atoms with Crippen LogP contribution in [-0.2, 0) is 9.59 Å². The second kappa shape index (κ2) is 7.44. The second-order valence-corrected chi connectivity index (χ2v) is 7.36. The van der Waals surface area contributed by atoms with E-state index < -0.39 is 0 Å². The Morgan fingerprint density at radius 1 is 1.45 bits per heavy atom. The van der Waals surface area contributed by atoms with E-state index in [1.807, 2.05) is 4.90 Å². The Morgan fingerprint density at radius 3 is 2.77 bits per heavy atom. The molecule has 0 aromatic carbocycles. The number of amides is 2. The molecule has 2 fully saturated rings. The second-order valence-electron chi connectivity index (χ2n) is 7.36. The van der Waals surface area contributed by atoms with Gasteiger partial charge >= 0.3 is 0 Å². The van der Waals surface area contributed by atoms with Gasteiger partial charge in [-0.25, -0.2) is 0 Å². The minimum absolute atomic E-state index is 0.0549. The summed E-state index contributed by atoms with van der Waals surface area (Å²) in [6.45, 7) is 9.81. The number of hydrogen-bond donors (Lipinski definition) is 2. The van der Waals surface area contributed by atoms with Crippen LogP contribution in [0.25, 0.3) is 0 Å². The summed E-state index contributed by atoms with van der Waals surface area (Å²) in [6, 6.07) is 0.247. The molecule has 0 radical (unpaired) electrons. The van der Waals surface area contributed by atoms with Gasteiger partial charge in [-0.3, -0.25) is 9.59 Å². The Hall–Kier alpha value is -1.10. The average Bonchev–Trinajstić information content (AvgIpc) is 2.88. The van der Waals surface area contributed by atoms with E-state index in [1.54, 1.807) is 0 Å². The Morgan fingerprint density at radius 2 is 2.14 bits per heavy atom. The summed E-state index contributed by atoms with van der Waals surface area (Å²) in [5.41, 5.74) is 0.193. The highest BCUT2D eigenvalue weighted by molar-refractivity contribution is 5.89. The maximum absolute atomic E-state index is 12.4. The maximum Gasteiger partial charge on any atom is 0.225 e. The van der Waals surface area contributed by atoms with Gasteiger partial charge in [-0.2, -0.15) is 0 Å². The van der Waals surface area contributed by atoms with Gasteiger partial charge in [0.15, 0.2) is 0 Å². The van der Waals surface area contributed by atoms with Crippen LogP contribution in [0.1, 0.15) is 52.9 Å². The van der Waals surface area contributed by atoms with Gasteiger partial charge in [-0.15, -0.1) is 0 Å². The first-order chi connectivity index (χ1) is 10.4. The van der Waals surface area contributed by atoms with Crippen LogP contribution in [0.2, 0.25) is 0 Å². The number of hydrogen-bond acceptors (Lipinski definition) is 3. The third-order valence-corrected chi connectivity index (χ3v) is 5.27. The molecule has 22 heavy (non-hydrogen) atoms. The zero-order valence-corrected chi connectivity index (χ0v) is 14.3. The van der Waals surface area contributed by atoms with Crippen LogP contribution in [0, 0.1) is 11.3 Å². The molecule has 2 N–H and O–H groups in total. The van der Waals surface area contributed by atoms with Crippen molar-refractivity contribution < 1.29 is 9.59 Å². The van der Waals surface area contributed by atoms with Crippen LogP contribution in [0.5, 0.6) is 0 Å². The van der Waals surface area contributed by atoms with Gasteiger partial charge in [0.05, 0.1) is 5.92 Å². The predicted octanol–water partition coefficient (Wildman–Crippen LogP) is 1.53. The van der Waals surface area contributed by atoms with Gasteiger partial charge in [-0.1, -0.05) is 20.3 Å². The normalized spacial score (nSPS) is 26.0. The molecular formula is C17H31N3O2. The zero-order valence-electron chi connectivity index (χ0n) is 14.3. The lowest BCUT2D eigenvalue weighted by Gasteiger charge is -2.34. The first-order valence-electron chi connectivity index (χ1n) is 8.73. The van der Waals surface area contributed by atoms with E-state index in [4.69, 9.17) is 0 Å². The molecule has 2 amide bonds. The number of nitrogens with zero attached hydrogens (tertiary/aromatic N) is 1. The van der Waals surface area contributed by atoms with E-state index in [1.165, 1.54) is 0 Å². The van der Waals surface area contributed by atoms with Crippen molar-refractivity contribution in [1.29, 1.82) is 0 Å². The van der Waals surface area contributed by atoms with Crippen molar-refractivity contribution in [3.05, 3.63) is 0 Å². The largest absolute Gasteiger partial charge is 0.355 e. The molecule has 0 bridgehead atoms. The van der Waals surface area contributed by atoms with Crippen molar-refractivity contribution in [3.8, 4) is 0 Å². The third kappa shape index (κ3) is 4.22. The fourth-order valence-electron chi connectivity index (χ4n) is 3.56. The van der Waals surface area contributed by atoms with Crippen molar-refractivity contribution in [2.75, 3.05) is 26.2 Å².